The van der Waals surface area contributed by atoms with Crippen LogP contribution in [0.15, 0.2) is 0 Å². The molecule has 1 heterocycles. The highest BCUT2D eigenvalue weighted by Crippen LogP contribution is 2.32. The molecule has 1 aliphatic heterocycles. The number of rotatable bonds is 3. The number of carboxylic acids is 1. The molecule has 1 unspecified atom stereocenters. The molecule has 0 aromatic heterocycles. The molecule has 4 N–H and O–H groups in total. The summed E-state index contributed by atoms with van der Waals surface area (Å²) in [5.74, 6) is -1.54. The van der Waals surface area contributed by atoms with E-state index in [0.717, 1.165) is 37.0 Å². The number of carbonyl (C=O) groups excluding carboxylic acids is 2. The summed E-state index contributed by atoms with van der Waals surface area (Å²) >= 11 is 0. The van der Waals surface area contributed by atoms with Crippen molar-refractivity contribution in [2.75, 3.05) is 6.54 Å². The van der Waals surface area contributed by atoms with Crippen molar-refractivity contribution in [1.29, 1.82) is 0 Å². The molecule has 7 heteroatoms. The van der Waals surface area contributed by atoms with Gasteiger partial charge in [0.1, 0.15) is 11.6 Å². The summed E-state index contributed by atoms with van der Waals surface area (Å²) in [5, 5.41) is 11.6. The highest BCUT2D eigenvalue weighted by Gasteiger charge is 2.50. The van der Waals surface area contributed by atoms with Gasteiger partial charge in [0.25, 0.3) is 5.91 Å². The number of aliphatic carboxylic acids is 1. The van der Waals surface area contributed by atoms with Crippen LogP contribution < -0.4 is 11.1 Å². The second-order valence-corrected chi connectivity index (χ2v) is 5.64. The largest absolute Gasteiger partial charge is 0.480 e. The number of nitrogens with zero attached hydrogens (tertiary/aromatic N) is 1. The minimum absolute atomic E-state index is 0.276. The number of hydrogen-bond acceptors (Lipinski definition) is 4. The quantitative estimate of drug-likeness (QED) is 0.650. The Balaban J connectivity index is 2.12. The number of nitrogens with two attached hydrogens (primary N) is 1. The fourth-order valence-electron chi connectivity index (χ4n) is 2.96. The SMILES string of the molecule is NC(CN1C(=O)NC2(CCCCCCC2)C1=O)C(=O)O. The van der Waals surface area contributed by atoms with E-state index in [9.17, 15) is 14.4 Å². The van der Waals surface area contributed by atoms with E-state index < -0.39 is 23.6 Å². The minimum Gasteiger partial charge on any atom is -0.480 e. The van der Waals surface area contributed by atoms with Gasteiger partial charge >= 0.3 is 12.0 Å². The Kier molecular flexibility index (Phi) is 4.27. The molecule has 1 saturated carbocycles. The first-order valence-electron chi connectivity index (χ1n) is 7.09. The molecule has 1 saturated heterocycles. The van der Waals surface area contributed by atoms with Gasteiger partial charge < -0.3 is 16.2 Å². The maximum Gasteiger partial charge on any atom is 0.325 e. The van der Waals surface area contributed by atoms with Crippen molar-refractivity contribution in [2.24, 2.45) is 5.73 Å². The third kappa shape index (κ3) is 2.77. The zero-order valence-electron chi connectivity index (χ0n) is 11.4. The van der Waals surface area contributed by atoms with E-state index in [4.69, 9.17) is 10.8 Å². The van der Waals surface area contributed by atoms with E-state index in [1.165, 1.54) is 0 Å². The Labute approximate surface area is 117 Å². The van der Waals surface area contributed by atoms with Crippen LogP contribution in [0.2, 0.25) is 0 Å². The number of nitrogens with one attached hydrogen (secondary N) is 1. The molecular weight excluding hydrogens is 262 g/mol. The van der Waals surface area contributed by atoms with Crippen LogP contribution in [0.1, 0.15) is 44.9 Å². The number of carbonyl (C=O) groups is 3. The van der Waals surface area contributed by atoms with Gasteiger partial charge in [0, 0.05) is 0 Å². The van der Waals surface area contributed by atoms with Gasteiger partial charge in [-0.1, -0.05) is 32.1 Å². The standard InChI is InChI=1S/C13H21N3O4/c14-9(10(17)18)8-16-11(19)13(15-12(16)20)6-4-2-1-3-5-7-13/h9H,1-8,14H2,(H,15,20)(H,17,18). The van der Waals surface area contributed by atoms with Crippen molar-refractivity contribution in [3.8, 4) is 0 Å². The van der Waals surface area contributed by atoms with Gasteiger partial charge in [0.2, 0.25) is 0 Å². The summed E-state index contributed by atoms with van der Waals surface area (Å²) in [6, 6.07) is -1.76. The Morgan fingerprint density at radius 3 is 2.35 bits per heavy atom. The predicted molar refractivity (Wildman–Crippen MR) is 70.9 cm³/mol. The maximum atomic E-state index is 12.5. The van der Waals surface area contributed by atoms with Crippen molar-refractivity contribution in [3.63, 3.8) is 0 Å². The van der Waals surface area contributed by atoms with Crippen molar-refractivity contribution in [1.82, 2.24) is 10.2 Å². The van der Waals surface area contributed by atoms with Gasteiger partial charge in [-0.15, -0.1) is 0 Å². The lowest BCUT2D eigenvalue weighted by atomic mass is 9.84. The van der Waals surface area contributed by atoms with Gasteiger partial charge in [-0.2, -0.15) is 0 Å². The van der Waals surface area contributed by atoms with E-state index >= 15 is 0 Å². The van der Waals surface area contributed by atoms with Gasteiger partial charge in [0.15, 0.2) is 0 Å². The Morgan fingerprint density at radius 2 is 1.80 bits per heavy atom. The highest BCUT2D eigenvalue weighted by molar-refractivity contribution is 6.07. The van der Waals surface area contributed by atoms with E-state index in [1.807, 2.05) is 0 Å². The van der Waals surface area contributed by atoms with Crippen LogP contribution in [-0.4, -0.2) is 46.0 Å². The van der Waals surface area contributed by atoms with Crippen LogP contribution in [0.4, 0.5) is 4.79 Å². The van der Waals surface area contributed by atoms with Crippen LogP contribution in [-0.2, 0) is 9.59 Å². The molecule has 112 valence electrons. The Bertz CT molecular complexity index is 416. The summed E-state index contributed by atoms with van der Waals surface area (Å²) in [7, 11) is 0. The van der Waals surface area contributed by atoms with Crippen LogP contribution in [0.3, 0.4) is 0 Å². The van der Waals surface area contributed by atoms with Gasteiger partial charge in [-0.3, -0.25) is 14.5 Å². The number of carboxylic acid groups (broad SMARTS) is 1. The Hall–Kier alpha value is -1.63. The topological polar surface area (TPSA) is 113 Å². The van der Waals surface area contributed by atoms with Crippen molar-refractivity contribution in [2.45, 2.75) is 56.5 Å². The van der Waals surface area contributed by atoms with Crippen molar-refractivity contribution in [3.05, 3.63) is 0 Å². The third-order valence-corrected chi connectivity index (χ3v) is 4.15. The second kappa shape index (κ2) is 5.78. The molecule has 1 spiro atoms. The summed E-state index contributed by atoms with van der Waals surface area (Å²) in [6.07, 6.45) is 6.30. The van der Waals surface area contributed by atoms with Gasteiger partial charge in [-0.25, -0.2) is 4.79 Å². The van der Waals surface area contributed by atoms with Gasteiger partial charge in [-0.05, 0) is 12.8 Å². The molecule has 0 aromatic carbocycles. The Morgan fingerprint density at radius 1 is 1.25 bits per heavy atom. The number of imide groups is 1. The summed E-state index contributed by atoms with van der Waals surface area (Å²) in [4.78, 5) is 36.2. The fourth-order valence-corrected chi connectivity index (χ4v) is 2.96. The van der Waals surface area contributed by atoms with Crippen LogP contribution >= 0.6 is 0 Å². The molecule has 0 bridgehead atoms. The molecule has 2 fully saturated rings. The molecule has 2 rings (SSSR count). The zero-order chi connectivity index (χ0) is 14.8. The first-order chi connectivity index (χ1) is 9.46. The lowest BCUT2D eigenvalue weighted by molar-refractivity contribution is -0.139. The molecule has 20 heavy (non-hydrogen) atoms. The molecule has 1 aliphatic carbocycles. The summed E-state index contributed by atoms with van der Waals surface area (Å²) in [5.41, 5.74) is 4.58. The molecule has 3 amide bonds. The molecule has 7 nitrogen and oxygen atoms in total. The molecule has 0 radical (unpaired) electrons. The van der Waals surface area contributed by atoms with E-state index in [-0.39, 0.29) is 12.5 Å². The van der Waals surface area contributed by atoms with Crippen molar-refractivity contribution < 1.29 is 19.5 Å². The average Bonchev–Trinajstić information content (AvgIpc) is 2.59. The second-order valence-electron chi connectivity index (χ2n) is 5.64. The number of urea groups is 1. The van der Waals surface area contributed by atoms with Crippen LogP contribution in [0, 0.1) is 0 Å². The number of hydrogen-bond donors (Lipinski definition) is 3. The fraction of sp³-hybridized carbons (Fsp3) is 0.769. The predicted octanol–water partition coefficient (Wildman–Crippen LogP) is 0.433. The molecular formula is C13H21N3O4. The van der Waals surface area contributed by atoms with E-state index in [2.05, 4.69) is 5.32 Å². The highest BCUT2D eigenvalue weighted by atomic mass is 16.4. The van der Waals surface area contributed by atoms with Crippen molar-refractivity contribution >= 4 is 17.9 Å². The minimum atomic E-state index is -1.24. The third-order valence-electron chi connectivity index (χ3n) is 4.15. The van der Waals surface area contributed by atoms with E-state index in [0.29, 0.717) is 12.8 Å². The maximum absolute atomic E-state index is 12.5. The molecule has 1 atom stereocenters. The lowest BCUT2D eigenvalue weighted by Crippen LogP contribution is -2.49. The first kappa shape index (κ1) is 14.8. The average molecular weight is 283 g/mol. The molecule has 0 aromatic rings. The zero-order valence-corrected chi connectivity index (χ0v) is 11.4. The van der Waals surface area contributed by atoms with Crippen LogP contribution in [0.5, 0.6) is 0 Å². The van der Waals surface area contributed by atoms with Gasteiger partial charge in [0.05, 0.1) is 6.54 Å². The monoisotopic (exact) mass is 283 g/mol. The molecule has 2 aliphatic rings. The number of amides is 3. The smallest absolute Gasteiger partial charge is 0.325 e. The summed E-state index contributed by atoms with van der Waals surface area (Å²) in [6.45, 7) is -0.276. The lowest BCUT2D eigenvalue weighted by Gasteiger charge is -2.28. The van der Waals surface area contributed by atoms with Crippen LogP contribution in [0.25, 0.3) is 0 Å². The first-order valence-corrected chi connectivity index (χ1v) is 7.09. The normalized spacial score (nSPS) is 24.1. The summed E-state index contributed by atoms with van der Waals surface area (Å²) < 4.78 is 0. The van der Waals surface area contributed by atoms with E-state index in [1.54, 1.807) is 0 Å².